The number of halogens is 2. The molecule has 1 heterocycles. The van der Waals surface area contributed by atoms with Gasteiger partial charge in [-0.05, 0) is 18.2 Å². The summed E-state index contributed by atoms with van der Waals surface area (Å²) in [6.45, 7) is 0. The number of carbonyl (C=O) groups is 1. The van der Waals surface area contributed by atoms with Crippen molar-refractivity contribution < 1.29 is 4.79 Å². The van der Waals surface area contributed by atoms with Crippen LogP contribution in [0.4, 0.5) is 0 Å². The van der Waals surface area contributed by atoms with E-state index >= 15 is 0 Å². The summed E-state index contributed by atoms with van der Waals surface area (Å²) in [6.07, 6.45) is 1.70. The van der Waals surface area contributed by atoms with E-state index in [9.17, 15) is 4.79 Å². The summed E-state index contributed by atoms with van der Waals surface area (Å²) in [5.74, 6) is -0.0309. The fraction of sp³-hybridized carbons (Fsp3) is 0. The number of para-hydroxylation sites is 1. The van der Waals surface area contributed by atoms with Crippen LogP contribution in [0, 0.1) is 0 Å². The highest BCUT2D eigenvalue weighted by atomic mass is 79.9. The zero-order chi connectivity index (χ0) is 13.4. The first-order chi connectivity index (χ1) is 9.18. The SMILES string of the molecule is O=C(c1ccccc1Br)c1cccc2c(Cl)c[nH]c12. The summed E-state index contributed by atoms with van der Waals surface area (Å²) in [4.78, 5) is 15.7. The van der Waals surface area contributed by atoms with Crippen LogP contribution in [0.1, 0.15) is 15.9 Å². The van der Waals surface area contributed by atoms with Gasteiger partial charge in [0.2, 0.25) is 0 Å². The van der Waals surface area contributed by atoms with Gasteiger partial charge in [-0.15, -0.1) is 0 Å². The van der Waals surface area contributed by atoms with Gasteiger partial charge in [0.25, 0.3) is 0 Å². The summed E-state index contributed by atoms with van der Waals surface area (Å²) < 4.78 is 0.787. The minimum absolute atomic E-state index is 0.0309. The van der Waals surface area contributed by atoms with E-state index in [1.807, 2.05) is 30.3 Å². The van der Waals surface area contributed by atoms with E-state index in [0.29, 0.717) is 16.1 Å². The smallest absolute Gasteiger partial charge is 0.196 e. The number of nitrogens with one attached hydrogen (secondary N) is 1. The molecule has 2 nitrogen and oxygen atoms in total. The van der Waals surface area contributed by atoms with Crippen LogP contribution in [-0.4, -0.2) is 10.8 Å². The maximum Gasteiger partial charge on any atom is 0.196 e. The fourth-order valence-corrected chi connectivity index (χ4v) is 2.78. The Morgan fingerprint density at radius 2 is 1.79 bits per heavy atom. The maximum absolute atomic E-state index is 12.6. The van der Waals surface area contributed by atoms with Gasteiger partial charge in [0.1, 0.15) is 0 Å². The fourth-order valence-electron chi connectivity index (χ4n) is 2.10. The van der Waals surface area contributed by atoms with Gasteiger partial charge in [-0.3, -0.25) is 4.79 Å². The van der Waals surface area contributed by atoms with E-state index in [0.717, 1.165) is 15.4 Å². The van der Waals surface area contributed by atoms with Crippen molar-refractivity contribution in [2.45, 2.75) is 0 Å². The molecule has 0 saturated carbocycles. The van der Waals surface area contributed by atoms with Crippen molar-refractivity contribution >= 4 is 44.2 Å². The number of hydrogen-bond donors (Lipinski definition) is 1. The maximum atomic E-state index is 12.6. The Morgan fingerprint density at radius 1 is 1.05 bits per heavy atom. The number of carbonyl (C=O) groups excluding carboxylic acids is 1. The standard InChI is InChI=1S/C15H9BrClNO/c16-12-7-2-1-4-9(12)15(19)11-6-3-5-10-13(17)8-18-14(10)11/h1-8,18H. The monoisotopic (exact) mass is 333 g/mol. The van der Waals surface area contributed by atoms with Crippen molar-refractivity contribution in [2.75, 3.05) is 0 Å². The van der Waals surface area contributed by atoms with Crippen LogP contribution in [0.15, 0.2) is 53.1 Å². The second-order valence-electron chi connectivity index (χ2n) is 4.17. The Morgan fingerprint density at radius 3 is 2.58 bits per heavy atom. The molecule has 0 aliphatic carbocycles. The Balaban J connectivity index is 2.20. The van der Waals surface area contributed by atoms with Crippen LogP contribution >= 0.6 is 27.5 Å². The molecule has 0 aliphatic heterocycles. The molecule has 0 spiro atoms. The van der Waals surface area contributed by atoms with E-state index in [1.165, 1.54) is 0 Å². The number of ketones is 1. The lowest BCUT2D eigenvalue weighted by molar-refractivity contribution is 0.103. The number of benzene rings is 2. The van der Waals surface area contributed by atoms with Crippen molar-refractivity contribution in [2.24, 2.45) is 0 Å². The van der Waals surface area contributed by atoms with Crippen LogP contribution in [0.2, 0.25) is 5.02 Å². The lowest BCUT2D eigenvalue weighted by Gasteiger charge is -2.05. The van der Waals surface area contributed by atoms with Gasteiger partial charge < -0.3 is 4.98 Å². The molecule has 0 fully saturated rings. The first kappa shape index (κ1) is 12.5. The molecular formula is C15H9BrClNO. The minimum atomic E-state index is -0.0309. The summed E-state index contributed by atoms with van der Waals surface area (Å²) in [6, 6.07) is 12.9. The number of hydrogen-bond acceptors (Lipinski definition) is 1. The molecule has 0 radical (unpaired) electrons. The molecular weight excluding hydrogens is 326 g/mol. The molecule has 0 amide bonds. The Kier molecular flexibility index (Phi) is 3.17. The number of aromatic amines is 1. The number of rotatable bonds is 2. The molecule has 19 heavy (non-hydrogen) atoms. The van der Waals surface area contributed by atoms with Crippen LogP contribution in [-0.2, 0) is 0 Å². The highest BCUT2D eigenvalue weighted by molar-refractivity contribution is 9.10. The number of aromatic nitrogens is 1. The molecule has 0 bridgehead atoms. The zero-order valence-corrected chi connectivity index (χ0v) is 12.1. The van der Waals surface area contributed by atoms with Crippen molar-refractivity contribution in [1.29, 1.82) is 0 Å². The van der Waals surface area contributed by atoms with Gasteiger partial charge in [0.05, 0.1) is 10.5 Å². The predicted octanol–water partition coefficient (Wildman–Crippen LogP) is 4.81. The third-order valence-electron chi connectivity index (χ3n) is 3.03. The van der Waals surface area contributed by atoms with E-state index in [2.05, 4.69) is 20.9 Å². The molecule has 2 aromatic carbocycles. The average molecular weight is 335 g/mol. The largest absolute Gasteiger partial charge is 0.359 e. The van der Waals surface area contributed by atoms with Gasteiger partial charge in [-0.25, -0.2) is 0 Å². The van der Waals surface area contributed by atoms with E-state index in [1.54, 1.807) is 18.3 Å². The van der Waals surface area contributed by atoms with Crippen LogP contribution in [0.25, 0.3) is 10.9 Å². The Labute approximate surface area is 123 Å². The van der Waals surface area contributed by atoms with Crippen molar-refractivity contribution in [1.82, 2.24) is 4.98 Å². The number of fused-ring (bicyclic) bond motifs is 1. The van der Waals surface area contributed by atoms with Crippen molar-refractivity contribution in [3.63, 3.8) is 0 Å². The molecule has 1 aromatic heterocycles. The second-order valence-corrected chi connectivity index (χ2v) is 5.44. The zero-order valence-electron chi connectivity index (χ0n) is 9.78. The summed E-state index contributed by atoms with van der Waals surface area (Å²) in [5.41, 5.74) is 2.03. The van der Waals surface area contributed by atoms with Gasteiger partial charge in [-0.2, -0.15) is 0 Å². The third kappa shape index (κ3) is 2.09. The van der Waals surface area contributed by atoms with Gasteiger partial charge >= 0.3 is 0 Å². The second kappa shape index (κ2) is 4.83. The molecule has 0 unspecified atom stereocenters. The lowest BCUT2D eigenvalue weighted by Crippen LogP contribution is -2.03. The molecule has 0 aliphatic rings. The highest BCUT2D eigenvalue weighted by Crippen LogP contribution is 2.28. The number of H-pyrrole nitrogens is 1. The Bertz CT molecular complexity index is 779. The van der Waals surface area contributed by atoms with Gasteiger partial charge in [0.15, 0.2) is 5.78 Å². The quantitative estimate of drug-likeness (QED) is 0.670. The van der Waals surface area contributed by atoms with E-state index in [-0.39, 0.29) is 5.78 Å². The van der Waals surface area contributed by atoms with Gasteiger partial charge in [-0.1, -0.05) is 51.8 Å². The summed E-state index contributed by atoms with van der Waals surface area (Å²) >= 11 is 9.48. The first-order valence-electron chi connectivity index (χ1n) is 5.73. The normalized spacial score (nSPS) is 10.8. The van der Waals surface area contributed by atoms with Crippen molar-refractivity contribution in [3.05, 3.63) is 69.3 Å². The topological polar surface area (TPSA) is 32.9 Å². The molecule has 0 atom stereocenters. The molecule has 94 valence electrons. The Hall–Kier alpha value is -1.58. The predicted molar refractivity (Wildman–Crippen MR) is 80.9 cm³/mol. The minimum Gasteiger partial charge on any atom is -0.359 e. The summed E-state index contributed by atoms with van der Waals surface area (Å²) in [7, 11) is 0. The van der Waals surface area contributed by atoms with Crippen LogP contribution in [0.5, 0.6) is 0 Å². The van der Waals surface area contributed by atoms with Crippen LogP contribution in [0.3, 0.4) is 0 Å². The molecule has 4 heteroatoms. The molecule has 3 rings (SSSR count). The third-order valence-corrected chi connectivity index (χ3v) is 4.03. The summed E-state index contributed by atoms with van der Waals surface area (Å²) in [5, 5.41) is 1.48. The van der Waals surface area contributed by atoms with E-state index in [4.69, 9.17) is 11.6 Å². The van der Waals surface area contributed by atoms with E-state index < -0.39 is 0 Å². The molecule has 0 saturated heterocycles. The molecule has 3 aromatic rings. The van der Waals surface area contributed by atoms with Crippen molar-refractivity contribution in [3.8, 4) is 0 Å². The average Bonchev–Trinajstić information content (AvgIpc) is 2.80. The highest BCUT2D eigenvalue weighted by Gasteiger charge is 2.16. The molecule has 1 N–H and O–H groups in total. The lowest BCUT2D eigenvalue weighted by atomic mass is 10.0. The van der Waals surface area contributed by atoms with Gasteiger partial charge in [0, 0.05) is 27.2 Å². The van der Waals surface area contributed by atoms with Crippen LogP contribution < -0.4 is 0 Å². The first-order valence-corrected chi connectivity index (χ1v) is 6.90.